The van der Waals surface area contributed by atoms with Crippen molar-refractivity contribution in [3.63, 3.8) is 0 Å². The monoisotopic (exact) mass is 326 g/mol. The number of nitrogens with zero attached hydrogens (tertiary/aromatic N) is 2. The summed E-state index contributed by atoms with van der Waals surface area (Å²) in [6, 6.07) is 16.6. The molecule has 1 heterocycles. The molecule has 126 valence electrons. The Kier molecular flexibility index (Phi) is 5.14. The van der Waals surface area contributed by atoms with Gasteiger partial charge in [-0.15, -0.1) is 0 Å². The lowest BCUT2D eigenvalue weighted by Gasteiger charge is -2.35. The summed E-state index contributed by atoms with van der Waals surface area (Å²) in [5.41, 5.74) is 1.58. The van der Waals surface area contributed by atoms with Gasteiger partial charge in [-0.3, -0.25) is 4.79 Å². The van der Waals surface area contributed by atoms with Gasteiger partial charge < -0.3 is 9.80 Å². The molecule has 1 amide bonds. The van der Waals surface area contributed by atoms with E-state index in [2.05, 4.69) is 0 Å². The third-order valence-corrected chi connectivity index (χ3v) is 4.69. The van der Waals surface area contributed by atoms with E-state index in [9.17, 15) is 9.18 Å². The number of benzene rings is 2. The highest BCUT2D eigenvalue weighted by Gasteiger charge is 2.29. The van der Waals surface area contributed by atoms with Gasteiger partial charge in [-0.25, -0.2) is 4.39 Å². The summed E-state index contributed by atoms with van der Waals surface area (Å²) in [4.78, 5) is 16.8. The van der Waals surface area contributed by atoms with Crippen LogP contribution in [0, 0.1) is 11.7 Å². The van der Waals surface area contributed by atoms with Gasteiger partial charge in [0.15, 0.2) is 0 Å². The van der Waals surface area contributed by atoms with Crippen molar-refractivity contribution in [3.05, 3.63) is 60.4 Å². The van der Waals surface area contributed by atoms with Gasteiger partial charge in [-0.1, -0.05) is 30.3 Å². The summed E-state index contributed by atoms with van der Waals surface area (Å²) in [5.74, 6) is -0.00758. The average Bonchev–Trinajstić information content (AvgIpc) is 2.64. The minimum absolute atomic E-state index is 0.00757. The second-order valence-corrected chi connectivity index (χ2v) is 6.13. The van der Waals surface area contributed by atoms with Gasteiger partial charge >= 0.3 is 0 Å². The number of hydrogen-bond donors (Lipinski definition) is 0. The van der Waals surface area contributed by atoms with E-state index in [0.29, 0.717) is 25.3 Å². The second-order valence-electron chi connectivity index (χ2n) is 6.13. The fraction of sp³-hybridized carbons (Fsp3) is 0.350. The Labute approximate surface area is 142 Å². The topological polar surface area (TPSA) is 23.6 Å². The van der Waals surface area contributed by atoms with Gasteiger partial charge in [-0.2, -0.15) is 0 Å². The van der Waals surface area contributed by atoms with Crippen molar-refractivity contribution in [2.24, 2.45) is 5.92 Å². The molecule has 3 nitrogen and oxygen atoms in total. The van der Waals surface area contributed by atoms with E-state index >= 15 is 0 Å². The van der Waals surface area contributed by atoms with Crippen LogP contribution in [0.5, 0.6) is 0 Å². The predicted molar refractivity (Wildman–Crippen MR) is 95.8 cm³/mol. The van der Waals surface area contributed by atoms with Crippen molar-refractivity contribution < 1.29 is 9.18 Å². The molecule has 0 bridgehead atoms. The number of hydrogen-bond acceptors (Lipinski definition) is 2. The molecule has 0 unspecified atom stereocenters. The molecule has 0 spiro atoms. The summed E-state index contributed by atoms with van der Waals surface area (Å²) in [5, 5.41) is 0. The molecular weight excluding hydrogens is 303 g/mol. The van der Waals surface area contributed by atoms with E-state index < -0.39 is 0 Å². The molecule has 0 N–H and O–H groups in total. The van der Waals surface area contributed by atoms with E-state index in [-0.39, 0.29) is 17.6 Å². The molecular formula is C20H23FN2O. The highest BCUT2D eigenvalue weighted by molar-refractivity contribution is 5.95. The van der Waals surface area contributed by atoms with E-state index in [4.69, 9.17) is 0 Å². The van der Waals surface area contributed by atoms with Crippen molar-refractivity contribution in [1.82, 2.24) is 0 Å². The molecule has 1 aliphatic rings. The highest BCUT2D eigenvalue weighted by atomic mass is 19.1. The van der Waals surface area contributed by atoms with Crippen LogP contribution >= 0.6 is 0 Å². The zero-order valence-corrected chi connectivity index (χ0v) is 14.0. The quantitative estimate of drug-likeness (QED) is 0.845. The van der Waals surface area contributed by atoms with Gasteiger partial charge in [-0.05, 0) is 44.0 Å². The summed E-state index contributed by atoms with van der Waals surface area (Å²) < 4.78 is 13.9. The van der Waals surface area contributed by atoms with E-state index in [1.807, 2.05) is 53.1 Å². The van der Waals surface area contributed by atoms with E-state index in [1.165, 1.54) is 6.07 Å². The Morgan fingerprint density at radius 2 is 1.71 bits per heavy atom. The highest BCUT2D eigenvalue weighted by Crippen LogP contribution is 2.27. The van der Waals surface area contributed by atoms with Crippen LogP contribution < -0.4 is 9.80 Å². The number of anilines is 2. The molecule has 0 radical (unpaired) electrons. The van der Waals surface area contributed by atoms with Gasteiger partial charge in [0.25, 0.3) is 0 Å². The zero-order chi connectivity index (χ0) is 16.9. The van der Waals surface area contributed by atoms with Crippen LogP contribution in [0.1, 0.15) is 19.8 Å². The lowest BCUT2D eigenvalue weighted by Crippen LogP contribution is -2.43. The average molecular weight is 326 g/mol. The molecule has 4 heteroatoms. The predicted octanol–water partition coefficient (Wildman–Crippen LogP) is 4.10. The minimum Gasteiger partial charge on any atom is -0.369 e. The van der Waals surface area contributed by atoms with Crippen molar-refractivity contribution in [3.8, 4) is 0 Å². The smallest absolute Gasteiger partial charge is 0.230 e. The molecule has 0 saturated carbocycles. The Balaban J connectivity index is 1.66. The molecule has 0 atom stereocenters. The van der Waals surface area contributed by atoms with E-state index in [1.54, 1.807) is 12.1 Å². The van der Waals surface area contributed by atoms with Crippen molar-refractivity contribution >= 4 is 17.3 Å². The van der Waals surface area contributed by atoms with Crippen LogP contribution in [-0.2, 0) is 4.79 Å². The molecule has 1 saturated heterocycles. The third-order valence-electron chi connectivity index (χ3n) is 4.69. The first kappa shape index (κ1) is 16.5. The van der Waals surface area contributed by atoms with Crippen LogP contribution in [0.25, 0.3) is 0 Å². The first-order valence-electron chi connectivity index (χ1n) is 8.56. The molecule has 1 aliphatic heterocycles. The molecule has 2 aromatic rings. The molecule has 0 aliphatic carbocycles. The molecule has 3 rings (SSSR count). The third kappa shape index (κ3) is 3.42. The largest absolute Gasteiger partial charge is 0.369 e. The summed E-state index contributed by atoms with van der Waals surface area (Å²) >= 11 is 0. The first-order chi connectivity index (χ1) is 11.7. The summed E-state index contributed by atoms with van der Waals surface area (Å²) in [6.45, 7) is 4.09. The normalized spacial score (nSPS) is 15.3. The molecule has 0 aromatic heterocycles. The fourth-order valence-electron chi connectivity index (χ4n) is 3.37. The van der Waals surface area contributed by atoms with Gasteiger partial charge in [0.05, 0.1) is 5.69 Å². The number of piperidine rings is 1. The fourth-order valence-corrected chi connectivity index (χ4v) is 3.37. The Bertz CT molecular complexity index is 681. The molecule has 24 heavy (non-hydrogen) atoms. The maximum absolute atomic E-state index is 13.9. The number of halogens is 1. The molecule has 2 aromatic carbocycles. The van der Waals surface area contributed by atoms with Crippen LogP contribution in [-0.4, -0.2) is 25.5 Å². The summed E-state index contributed by atoms with van der Waals surface area (Å²) in [6.07, 6.45) is 1.52. The maximum Gasteiger partial charge on any atom is 0.230 e. The second kappa shape index (κ2) is 7.47. The number of carbonyl (C=O) groups is 1. The minimum atomic E-state index is -0.193. The lowest BCUT2D eigenvalue weighted by molar-refractivity contribution is -0.122. The van der Waals surface area contributed by atoms with Crippen LogP contribution in [0.4, 0.5) is 15.8 Å². The standard InChI is InChI=1S/C20H23FN2O/c1-2-23(17-8-4-3-5-9-17)20(24)16-12-14-22(15-13-16)19-11-7-6-10-18(19)21/h3-11,16H,2,12-15H2,1H3. The Morgan fingerprint density at radius 3 is 2.33 bits per heavy atom. The van der Waals surface area contributed by atoms with Crippen molar-refractivity contribution in [2.45, 2.75) is 19.8 Å². The van der Waals surface area contributed by atoms with Crippen molar-refractivity contribution in [1.29, 1.82) is 0 Å². The Hall–Kier alpha value is -2.36. The number of carbonyl (C=O) groups excluding carboxylic acids is 1. The van der Waals surface area contributed by atoms with Crippen LogP contribution in [0.2, 0.25) is 0 Å². The van der Waals surface area contributed by atoms with E-state index in [0.717, 1.165) is 18.5 Å². The first-order valence-corrected chi connectivity index (χ1v) is 8.56. The SMILES string of the molecule is CCN(C(=O)C1CCN(c2ccccc2F)CC1)c1ccccc1. The van der Waals surface area contributed by atoms with Gasteiger partial charge in [0, 0.05) is 31.2 Å². The maximum atomic E-state index is 13.9. The number of para-hydroxylation sites is 2. The molecule has 1 fully saturated rings. The number of rotatable bonds is 4. The number of amides is 1. The van der Waals surface area contributed by atoms with Crippen LogP contribution in [0.3, 0.4) is 0 Å². The zero-order valence-electron chi connectivity index (χ0n) is 14.0. The van der Waals surface area contributed by atoms with Crippen molar-refractivity contribution in [2.75, 3.05) is 29.4 Å². The Morgan fingerprint density at radius 1 is 1.08 bits per heavy atom. The van der Waals surface area contributed by atoms with Gasteiger partial charge in [0.1, 0.15) is 5.82 Å². The summed E-state index contributed by atoms with van der Waals surface area (Å²) in [7, 11) is 0. The van der Waals surface area contributed by atoms with Gasteiger partial charge in [0.2, 0.25) is 5.91 Å². The lowest BCUT2D eigenvalue weighted by atomic mass is 9.94. The van der Waals surface area contributed by atoms with Crippen LogP contribution in [0.15, 0.2) is 54.6 Å².